The smallest absolute Gasteiger partial charge is 0.318 e. The zero-order valence-electron chi connectivity index (χ0n) is 6.88. The molecule has 3 fully saturated rings. The standard InChI is InChI=1S/C8H6O6/c9-5-1-2(6(10)13-5)4-3(1)7(11)14-8(4)12/h1-5,9H/t1?,2-,3?,4?,5?/m0/s1. The second kappa shape index (κ2) is 2.14. The van der Waals surface area contributed by atoms with Gasteiger partial charge < -0.3 is 14.6 Å². The van der Waals surface area contributed by atoms with E-state index in [1.807, 2.05) is 0 Å². The van der Waals surface area contributed by atoms with Gasteiger partial charge in [0, 0.05) is 5.92 Å². The summed E-state index contributed by atoms with van der Waals surface area (Å²) in [6.45, 7) is 0. The van der Waals surface area contributed by atoms with Crippen molar-refractivity contribution in [2.24, 2.45) is 23.7 Å². The number of rotatable bonds is 0. The van der Waals surface area contributed by atoms with Crippen molar-refractivity contribution in [3.05, 3.63) is 0 Å². The maximum Gasteiger partial charge on any atom is 0.318 e. The fraction of sp³-hybridized carbons (Fsp3) is 0.625. The molecule has 6 heteroatoms. The van der Waals surface area contributed by atoms with E-state index in [0.29, 0.717) is 0 Å². The van der Waals surface area contributed by atoms with Gasteiger partial charge in [-0.1, -0.05) is 0 Å². The van der Waals surface area contributed by atoms with Gasteiger partial charge in [-0.3, -0.25) is 14.4 Å². The Bertz CT molecular complexity index is 355. The van der Waals surface area contributed by atoms with Crippen LogP contribution < -0.4 is 0 Å². The zero-order chi connectivity index (χ0) is 10.0. The van der Waals surface area contributed by atoms with Crippen LogP contribution in [0.25, 0.3) is 0 Å². The van der Waals surface area contributed by atoms with E-state index < -0.39 is 47.9 Å². The van der Waals surface area contributed by atoms with Gasteiger partial charge in [0.15, 0.2) is 0 Å². The summed E-state index contributed by atoms with van der Waals surface area (Å²) in [5.41, 5.74) is 0. The number of carbonyl (C=O) groups is 3. The van der Waals surface area contributed by atoms with Crippen LogP contribution in [-0.2, 0) is 23.9 Å². The molecule has 1 aliphatic carbocycles. The fourth-order valence-corrected chi connectivity index (χ4v) is 2.55. The van der Waals surface area contributed by atoms with Crippen molar-refractivity contribution >= 4 is 17.9 Å². The van der Waals surface area contributed by atoms with Crippen LogP contribution in [0.3, 0.4) is 0 Å². The Labute approximate surface area is 77.8 Å². The van der Waals surface area contributed by atoms with Gasteiger partial charge in [0.05, 0.1) is 17.8 Å². The number of cyclic esters (lactones) is 3. The monoisotopic (exact) mass is 198 g/mol. The summed E-state index contributed by atoms with van der Waals surface area (Å²) in [6.07, 6.45) is -1.27. The molecule has 0 aromatic rings. The van der Waals surface area contributed by atoms with Crippen molar-refractivity contribution in [3.8, 4) is 0 Å². The molecule has 2 heterocycles. The van der Waals surface area contributed by atoms with E-state index in [1.54, 1.807) is 0 Å². The minimum Gasteiger partial charge on any atom is -0.435 e. The number of hydrogen-bond donors (Lipinski definition) is 1. The van der Waals surface area contributed by atoms with E-state index >= 15 is 0 Å². The first kappa shape index (κ1) is 7.93. The Balaban J connectivity index is 1.99. The molecular weight excluding hydrogens is 192 g/mol. The first-order chi connectivity index (χ1) is 6.61. The van der Waals surface area contributed by atoms with Crippen LogP contribution in [0.1, 0.15) is 0 Å². The molecule has 0 bridgehead atoms. The van der Waals surface area contributed by atoms with Crippen LogP contribution in [0.4, 0.5) is 0 Å². The average molecular weight is 198 g/mol. The van der Waals surface area contributed by atoms with Gasteiger partial charge >= 0.3 is 17.9 Å². The van der Waals surface area contributed by atoms with Crippen molar-refractivity contribution in [3.63, 3.8) is 0 Å². The molecule has 0 amide bonds. The molecule has 2 aliphatic heterocycles. The first-order valence-electron chi connectivity index (χ1n) is 4.25. The van der Waals surface area contributed by atoms with E-state index in [0.717, 1.165) is 0 Å². The van der Waals surface area contributed by atoms with Gasteiger partial charge in [-0.25, -0.2) is 0 Å². The van der Waals surface area contributed by atoms with Crippen LogP contribution in [0, 0.1) is 23.7 Å². The van der Waals surface area contributed by atoms with Gasteiger partial charge in [-0.2, -0.15) is 0 Å². The lowest BCUT2D eigenvalue weighted by atomic mass is 9.58. The number of aliphatic hydroxyl groups excluding tert-OH is 1. The number of aliphatic hydroxyl groups is 1. The predicted molar refractivity (Wildman–Crippen MR) is 37.2 cm³/mol. The largest absolute Gasteiger partial charge is 0.435 e. The van der Waals surface area contributed by atoms with E-state index in [-0.39, 0.29) is 0 Å². The molecule has 2 saturated heterocycles. The molecule has 3 aliphatic rings. The number of carbonyl (C=O) groups excluding carboxylic acids is 3. The Morgan fingerprint density at radius 2 is 1.50 bits per heavy atom. The van der Waals surface area contributed by atoms with Crippen molar-refractivity contribution in [1.29, 1.82) is 0 Å². The highest BCUT2D eigenvalue weighted by Crippen LogP contribution is 2.56. The van der Waals surface area contributed by atoms with Crippen LogP contribution in [-0.4, -0.2) is 29.3 Å². The minimum atomic E-state index is -1.27. The SMILES string of the molecule is O=C1OC(=O)C2C1C1C(O)OC(=O)[C@H]21. The second-order valence-corrected chi connectivity index (χ2v) is 3.72. The first-order valence-corrected chi connectivity index (χ1v) is 4.25. The average Bonchev–Trinajstić information content (AvgIpc) is 2.31. The Morgan fingerprint density at radius 1 is 0.929 bits per heavy atom. The van der Waals surface area contributed by atoms with E-state index in [2.05, 4.69) is 9.47 Å². The molecule has 0 aromatic carbocycles. The van der Waals surface area contributed by atoms with E-state index in [9.17, 15) is 19.5 Å². The Morgan fingerprint density at radius 3 is 2.21 bits per heavy atom. The highest BCUT2D eigenvalue weighted by Gasteiger charge is 2.72. The summed E-state index contributed by atoms with van der Waals surface area (Å²) in [6, 6.07) is 0. The van der Waals surface area contributed by atoms with Gasteiger partial charge in [-0.05, 0) is 0 Å². The molecule has 74 valence electrons. The summed E-state index contributed by atoms with van der Waals surface area (Å²) >= 11 is 0. The molecule has 0 spiro atoms. The third-order valence-corrected chi connectivity index (χ3v) is 3.19. The summed E-state index contributed by atoms with van der Waals surface area (Å²) in [7, 11) is 0. The van der Waals surface area contributed by atoms with Crippen molar-refractivity contribution < 1.29 is 29.0 Å². The number of hydrogen-bond acceptors (Lipinski definition) is 6. The predicted octanol–water partition coefficient (Wildman–Crippen LogP) is -1.58. The van der Waals surface area contributed by atoms with Gasteiger partial charge in [0.1, 0.15) is 0 Å². The van der Waals surface area contributed by atoms with Crippen molar-refractivity contribution in [2.75, 3.05) is 0 Å². The van der Waals surface area contributed by atoms with Crippen LogP contribution in [0.2, 0.25) is 0 Å². The van der Waals surface area contributed by atoms with Gasteiger partial charge in [-0.15, -0.1) is 0 Å². The number of fused-ring (bicyclic) bond motifs is 4. The summed E-state index contributed by atoms with van der Waals surface area (Å²) < 4.78 is 8.92. The minimum absolute atomic E-state index is 0.591. The number of esters is 3. The molecule has 5 atom stereocenters. The van der Waals surface area contributed by atoms with Crippen LogP contribution in [0.15, 0.2) is 0 Å². The summed E-state index contributed by atoms with van der Waals surface area (Å²) in [5, 5.41) is 9.28. The maximum atomic E-state index is 11.1. The lowest BCUT2D eigenvalue weighted by Gasteiger charge is -2.36. The molecule has 1 saturated carbocycles. The Kier molecular flexibility index (Phi) is 1.21. The van der Waals surface area contributed by atoms with Gasteiger partial charge in [0.25, 0.3) is 0 Å². The normalized spacial score (nSPS) is 49.2. The molecule has 0 radical (unpaired) electrons. The highest BCUT2D eigenvalue weighted by atomic mass is 16.6. The van der Waals surface area contributed by atoms with Crippen molar-refractivity contribution in [1.82, 2.24) is 0 Å². The fourth-order valence-electron chi connectivity index (χ4n) is 2.55. The lowest BCUT2D eigenvalue weighted by molar-refractivity contribution is -0.161. The third-order valence-electron chi connectivity index (χ3n) is 3.19. The molecule has 14 heavy (non-hydrogen) atoms. The second-order valence-electron chi connectivity index (χ2n) is 3.72. The number of ether oxygens (including phenoxy) is 2. The highest BCUT2D eigenvalue weighted by molar-refractivity contribution is 6.02. The maximum absolute atomic E-state index is 11.1. The molecule has 3 rings (SSSR count). The molecule has 0 aromatic heterocycles. The lowest BCUT2D eigenvalue weighted by Crippen LogP contribution is -2.51. The summed E-state index contributed by atoms with van der Waals surface area (Å²) in [4.78, 5) is 33.4. The molecular formula is C8H6O6. The molecule has 4 unspecified atom stereocenters. The van der Waals surface area contributed by atoms with Gasteiger partial charge in [0.2, 0.25) is 6.29 Å². The van der Waals surface area contributed by atoms with Crippen LogP contribution >= 0.6 is 0 Å². The zero-order valence-corrected chi connectivity index (χ0v) is 6.88. The summed E-state index contributed by atoms with van der Waals surface area (Å²) in [5.74, 6) is -4.63. The van der Waals surface area contributed by atoms with Crippen molar-refractivity contribution in [2.45, 2.75) is 6.29 Å². The molecule has 1 N–H and O–H groups in total. The van der Waals surface area contributed by atoms with E-state index in [4.69, 9.17) is 0 Å². The third kappa shape index (κ3) is 0.651. The topological polar surface area (TPSA) is 89.9 Å². The van der Waals surface area contributed by atoms with Crippen LogP contribution in [0.5, 0.6) is 0 Å². The van der Waals surface area contributed by atoms with E-state index in [1.165, 1.54) is 0 Å². The quantitative estimate of drug-likeness (QED) is 0.373. The Hall–Kier alpha value is -1.43. The molecule has 6 nitrogen and oxygen atoms in total.